The van der Waals surface area contributed by atoms with Crippen molar-refractivity contribution in [2.24, 2.45) is 0 Å². The summed E-state index contributed by atoms with van der Waals surface area (Å²) in [6, 6.07) is 14.6. The van der Waals surface area contributed by atoms with Crippen LogP contribution in [-0.4, -0.2) is 28.2 Å². The Kier molecular flexibility index (Phi) is 4.99. The minimum atomic E-state index is -3.58. The van der Waals surface area contributed by atoms with E-state index in [4.69, 9.17) is 4.74 Å². The van der Waals surface area contributed by atoms with Crippen LogP contribution in [-0.2, 0) is 20.2 Å². The molecule has 0 radical (unpaired) electrons. The average molecular weight is 349 g/mol. The van der Waals surface area contributed by atoms with Crippen molar-refractivity contribution < 1.29 is 17.5 Å². The summed E-state index contributed by atoms with van der Waals surface area (Å²) in [6.45, 7) is 1.38. The molecular weight excluding hydrogens is 329 g/mol. The minimum absolute atomic E-state index is 0.242. The lowest BCUT2D eigenvalue weighted by molar-refractivity contribution is 0.0517. The first kappa shape index (κ1) is 17.1. The highest BCUT2D eigenvalue weighted by Crippen LogP contribution is 2.34. The first-order valence-electron chi connectivity index (χ1n) is 7.90. The van der Waals surface area contributed by atoms with E-state index in [0.29, 0.717) is 26.1 Å². The molecule has 2 aromatic rings. The summed E-state index contributed by atoms with van der Waals surface area (Å²) < 4.78 is 46.4. The van der Waals surface area contributed by atoms with Gasteiger partial charge in [-0.05, 0) is 42.7 Å². The van der Waals surface area contributed by atoms with Crippen molar-refractivity contribution in [3.8, 4) is 0 Å². The molecule has 6 heteroatoms. The Morgan fingerprint density at radius 2 is 1.62 bits per heavy atom. The van der Waals surface area contributed by atoms with Crippen molar-refractivity contribution in [2.45, 2.75) is 23.2 Å². The summed E-state index contributed by atoms with van der Waals surface area (Å²) in [4.78, 5) is 0.242. The lowest BCUT2D eigenvalue weighted by Gasteiger charge is -2.37. The smallest absolute Gasteiger partial charge is 0.240 e. The molecule has 0 atom stereocenters. The number of halogens is 1. The molecule has 1 aliphatic rings. The molecule has 0 bridgehead atoms. The largest absolute Gasteiger partial charge is 0.381 e. The number of rotatable bonds is 5. The van der Waals surface area contributed by atoms with Crippen LogP contribution < -0.4 is 4.72 Å². The number of benzene rings is 2. The van der Waals surface area contributed by atoms with Crippen LogP contribution in [0.15, 0.2) is 59.5 Å². The topological polar surface area (TPSA) is 55.4 Å². The van der Waals surface area contributed by atoms with E-state index >= 15 is 0 Å². The molecule has 1 saturated heterocycles. The molecule has 1 aliphatic heterocycles. The van der Waals surface area contributed by atoms with Crippen LogP contribution in [0.1, 0.15) is 18.4 Å². The van der Waals surface area contributed by atoms with Crippen LogP contribution in [0, 0.1) is 5.82 Å². The maximum atomic E-state index is 13.2. The summed E-state index contributed by atoms with van der Waals surface area (Å²) >= 11 is 0. The number of nitrogens with one attached hydrogen (secondary N) is 1. The van der Waals surface area contributed by atoms with Gasteiger partial charge < -0.3 is 4.74 Å². The third kappa shape index (κ3) is 3.66. The van der Waals surface area contributed by atoms with Crippen molar-refractivity contribution in [2.75, 3.05) is 19.8 Å². The zero-order chi connectivity index (χ0) is 17.0. The predicted molar refractivity (Wildman–Crippen MR) is 89.8 cm³/mol. The van der Waals surface area contributed by atoms with Gasteiger partial charge in [0.1, 0.15) is 5.82 Å². The summed E-state index contributed by atoms with van der Waals surface area (Å²) in [5, 5.41) is 0. The Bertz CT molecular complexity index is 770. The summed E-state index contributed by atoms with van der Waals surface area (Å²) in [5.74, 6) is -0.300. The minimum Gasteiger partial charge on any atom is -0.381 e. The third-order valence-corrected chi connectivity index (χ3v) is 5.98. The predicted octanol–water partition coefficient (Wildman–Crippen LogP) is 2.85. The summed E-state index contributed by atoms with van der Waals surface area (Å²) in [5.41, 5.74) is 0.552. The van der Waals surface area contributed by atoms with Crippen LogP contribution in [0.5, 0.6) is 0 Å². The fourth-order valence-corrected chi connectivity index (χ4v) is 4.20. The average Bonchev–Trinajstić information content (AvgIpc) is 2.62. The SMILES string of the molecule is O=S(=O)(NCC1(c2ccc(F)cc2)CCOCC1)c1ccccc1. The zero-order valence-electron chi connectivity index (χ0n) is 13.2. The molecule has 24 heavy (non-hydrogen) atoms. The summed E-state index contributed by atoms with van der Waals surface area (Å²) in [7, 11) is -3.58. The van der Waals surface area contributed by atoms with Crippen molar-refractivity contribution in [3.05, 3.63) is 66.0 Å². The second-order valence-corrected chi connectivity index (χ2v) is 7.80. The molecule has 0 aliphatic carbocycles. The Balaban J connectivity index is 1.84. The second-order valence-electron chi connectivity index (χ2n) is 6.04. The first-order valence-corrected chi connectivity index (χ1v) is 9.39. The van der Waals surface area contributed by atoms with Gasteiger partial charge in [0.05, 0.1) is 4.90 Å². The van der Waals surface area contributed by atoms with Gasteiger partial charge in [-0.2, -0.15) is 0 Å². The first-order chi connectivity index (χ1) is 11.5. The number of hydrogen-bond acceptors (Lipinski definition) is 3. The van der Waals surface area contributed by atoms with E-state index in [9.17, 15) is 12.8 Å². The number of ether oxygens (including phenoxy) is 1. The van der Waals surface area contributed by atoms with Crippen molar-refractivity contribution in [1.82, 2.24) is 4.72 Å². The molecule has 0 saturated carbocycles. The Hall–Kier alpha value is -1.76. The van der Waals surface area contributed by atoms with Gasteiger partial charge in [-0.3, -0.25) is 0 Å². The second kappa shape index (κ2) is 7.01. The Labute approximate surface area is 141 Å². The Morgan fingerprint density at radius 3 is 2.25 bits per heavy atom. The molecule has 0 unspecified atom stereocenters. The van der Waals surface area contributed by atoms with Gasteiger partial charge >= 0.3 is 0 Å². The molecule has 0 amide bonds. The highest BCUT2D eigenvalue weighted by Gasteiger charge is 2.35. The van der Waals surface area contributed by atoms with E-state index in [2.05, 4.69) is 4.72 Å². The molecule has 128 valence electrons. The van der Waals surface area contributed by atoms with E-state index in [-0.39, 0.29) is 22.7 Å². The van der Waals surface area contributed by atoms with Crippen LogP contribution in [0.4, 0.5) is 4.39 Å². The molecule has 2 aromatic carbocycles. The normalized spacial score (nSPS) is 17.5. The highest BCUT2D eigenvalue weighted by atomic mass is 32.2. The fraction of sp³-hybridized carbons (Fsp3) is 0.333. The number of hydrogen-bond donors (Lipinski definition) is 1. The maximum Gasteiger partial charge on any atom is 0.240 e. The van der Waals surface area contributed by atoms with E-state index in [0.717, 1.165) is 5.56 Å². The van der Waals surface area contributed by atoms with Crippen LogP contribution in [0.25, 0.3) is 0 Å². The molecule has 1 fully saturated rings. The molecule has 1 N–H and O–H groups in total. The van der Waals surface area contributed by atoms with Crippen LogP contribution in [0.3, 0.4) is 0 Å². The highest BCUT2D eigenvalue weighted by molar-refractivity contribution is 7.89. The standard InChI is InChI=1S/C18H20FNO3S/c19-16-8-6-15(7-9-16)18(10-12-23-13-11-18)14-20-24(21,22)17-4-2-1-3-5-17/h1-9,20H,10-14H2. The van der Waals surface area contributed by atoms with Crippen LogP contribution >= 0.6 is 0 Å². The summed E-state index contributed by atoms with van der Waals surface area (Å²) in [6.07, 6.45) is 1.38. The third-order valence-electron chi connectivity index (χ3n) is 4.56. The molecular formula is C18H20FNO3S. The number of sulfonamides is 1. The quantitative estimate of drug-likeness (QED) is 0.903. The van der Waals surface area contributed by atoms with Crippen molar-refractivity contribution in [1.29, 1.82) is 0 Å². The lowest BCUT2D eigenvalue weighted by atomic mass is 9.74. The maximum absolute atomic E-state index is 13.2. The fourth-order valence-electron chi connectivity index (χ4n) is 3.05. The van der Waals surface area contributed by atoms with Gasteiger partial charge in [-0.1, -0.05) is 30.3 Å². The van der Waals surface area contributed by atoms with Gasteiger partial charge in [0.15, 0.2) is 0 Å². The van der Waals surface area contributed by atoms with E-state index in [1.54, 1.807) is 42.5 Å². The van der Waals surface area contributed by atoms with Crippen molar-refractivity contribution in [3.63, 3.8) is 0 Å². The molecule has 1 heterocycles. The monoisotopic (exact) mass is 349 g/mol. The van der Waals surface area contributed by atoms with E-state index in [1.165, 1.54) is 12.1 Å². The molecule has 4 nitrogen and oxygen atoms in total. The zero-order valence-corrected chi connectivity index (χ0v) is 14.1. The molecule has 0 aromatic heterocycles. The Morgan fingerprint density at radius 1 is 1.00 bits per heavy atom. The van der Waals surface area contributed by atoms with Gasteiger partial charge in [-0.15, -0.1) is 0 Å². The van der Waals surface area contributed by atoms with Gasteiger partial charge in [0.25, 0.3) is 0 Å². The van der Waals surface area contributed by atoms with E-state index < -0.39 is 10.0 Å². The van der Waals surface area contributed by atoms with Gasteiger partial charge in [0, 0.05) is 25.2 Å². The lowest BCUT2D eigenvalue weighted by Crippen LogP contribution is -2.44. The van der Waals surface area contributed by atoms with Crippen molar-refractivity contribution >= 4 is 10.0 Å². The van der Waals surface area contributed by atoms with Gasteiger partial charge in [0.2, 0.25) is 10.0 Å². The van der Waals surface area contributed by atoms with Gasteiger partial charge in [-0.25, -0.2) is 17.5 Å². The van der Waals surface area contributed by atoms with Crippen LogP contribution in [0.2, 0.25) is 0 Å². The molecule has 0 spiro atoms. The molecule has 3 rings (SSSR count). The van der Waals surface area contributed by atoms with E-state index in [1.807, 2.05) is 0 Å².